The van der Waals surface area contributed by atoms with Crippen molar-refractivity contribution < 1.29 is 9.59 Å². The Labute approximate surface area is 110 Å². The molecule has 0 aliphatic carbocycles. The van der Waals surface area contributed by atoms with E-state index in [0.29, 0.717) is 4.77 Å². The molecule has 0 fully saturated rings. The van der Waals surface area contributed by atoms with E-state index in [1.165, 1.54) is 7.05 Å². The third-order valence-electron chi connectivity index (χ3n) is 2.34. The van der Waals surface area contributed by atoms with Crippen LogP contribution in [0.15, 0.2) is 0 Å². The van der Waals surface area contributed by atoms with Gasteiger partial charge in [0, 0.05) is 13.5 Å². The average molecular weight is 271 g/mol. The monoisotopic (exact) mass is 271 g/mol. The summed E-state index contributed by atoms with van der Waals surface area (Å²) in [4.78, 5) is 22.6. The number of carbonyl (C=O) groups excluding carboxylic acids is 2. The highest BCUT2D eigenvalue weighted by Gasteiger charge is 2.10. The van der Waals surface area contributed by atoms with Gasteiger partial charge in [0.25, 0.3) is 0 Å². The number of aryl methyl sites for hydroxylation is 1. The minimum absolute atomic E-state index is 0.0381. The maximum atomic E-state index is 11.6. The molecule has 1 aromatic rings. The third kappa shape index (κ3) is 3.95. The molecule has 0 spiro atoms. The van der Waals surface area contributed by atoms with Gasteiger partial charge < -0.3 is 10.6 Å². The number of amides is 2. The van der Waals surface area contributed by atoms with Crippen LogP contribution in [0.3, 0.4) is 0 Å². The van der Waals surface area contributed by atoms with E-state index in [-0.39, 0.29) is 24.9 Å². The average Bonchev–Trinajstić information content (AvgIpc) is 2.69. The molecule has 2 amide bonds. The predicted molar refractivity (Wildman–Crippen MR) is 68.5 cm³/mol. The molecule has 0 aliphatic rings. The van der Waals surface area contributed by atoms with Gasteiger partial charge in [0.1, 0.15) is 12.4 Å². The summed E-state index contributed by atoms with van der Waals surface area (Å²) >= 11 is 5.05. The lowest BCUT2D eigenvalue weighted by Gasteiger charge is -2.07. The number of rotatable bonds is 6. The molecule has 0 saturated carbocycles. The van der Waals surface area contributed by atoms with Gasteiger partial charge in [0.2, 0.25) is 11.8 Å². The van der Waals surface area contributed by atoms with Crippen molar-refractivity contribution in [3.63, 3.8) is 0 Å². The fourth-order valence-electron chi connectivity index (χ4n) is 1.39. The highest BCUT2D eigenvalue weighted by molar-refractivity contribution is 7.71. The number of aromatic amines is 1. The van der Waals surface area contributed by atoms with Gasteiger partial charge in [-0.2, -0.15) is 5.10 Å². The van der Waals surface area contributed by atoms with Crippen molar-refractivity contribution in [2.24, 2.45) is 0 Å². The second kappa shape index (κ2) is 6.90. The van der Waals surface area contributed by atoms with Gasteiger partial charge >= 0.3 is 0 Å². The number of carbonyl (C=O) groups is 2. The van der Waals surface area contributed by atoms with E-state index in [1.807, 2.05) is 6.92 Å². The molecule has 3 N–H and O–H groups in total. The van der Waals surface area contributed by atoms with E-state index in [4.69, 9.17) is 12.2 Å². The fourth-order valence-corrected chi connectivity index (χ4v) is 1.61. The first-order valence-electron chi connectivity index (χ1n) is 5.69. The summed E-state index contributed by atoms with van der Waals surface area (Å²) in [5.41, 5.74) is 0. The van der Waals surface area contributed by atoms with Crippen molar-refractivity contribution in [2.75, 3.05) is 13.6 Å². The SMILES string of the molecule is CCCc1n[nH]c(=S)n1CC(=O)NCC(=O)NC. The zero-order valence-corrected chi connectivity index (χ0v) is 11.3. The molecule has 0 aromatic carbocycles. The van der Waals surface area contributed by atoms with Crippen LogP contribution in [0.1, 0.15) is 19.2 Å². The molecule has 8 heteroatoms. The predicted octanol–water partition coefficient (Wildman–Crippen LogP) is -0.245. The van der Waals surface area contributed by atoms with Crippen LogP contribution in [0, 0.1) is 4.77 Å². The first-order chi connectivity index (χ1) is 8.58. The normalized spacial score (nSPS) is 10.1. The largest absolute Gasteiger partial charge is 0.358 e. The lowest BCUT2D eigenvalue weighted by molar-refractivity contribution is -0.126. The van der Waals surface area contributed by atoms with Crippen molar-refractivity contribution in [1.29, 1.82) is 0 Å². The van der Waals surface area contributed by atoms with Crippen LogP contribution >= 0.6 is 12.2 Å². The summed E-state index contributed by atoms with van der Waals surface area (Å²) in [6.07, 6.45) is 1.66. The molecular formula is C10H17N5O2S. The van der Waals surface area contributed by atoms with Crippen molar-refractivity contribution >= 4 is 24.0 Å². The Bertz CT molecular complexity index is 479. The number of H-pyrrole nitrogens is 1. The Kier molecular flexibility index (Phi) is 5.50. The standard InChI is InChI=1S/C10H17N5O2S/c1-3-4-7-13-14-10(18)15(7)6-9(17)12-5-8(16)11-2/h3-6H2,1-2H3,(H,11,16)(H,12,17)(H,14,18). The number of nitrogens with zero attached hydrogens (tertiary/aromatic N) is 2. The van der Waals surface area contributed by atoms with Crippen LogP contribution in [0.5, 0.6) is 0 Å². The molecule has 18 heavy (non-hydrogen) atoms. The van der Waals surface area contributed by atoms with Gasteiger partial charge in [-0.15, -0.1) is 0 Å². The molecule has 7 nitrogen and oxygen atoms in total. The zero-order valence-electron chi connectivity index (χ0n) is 10.4. The van der Waals surface area contributed by atoms with Crippen LogP contribution < -0.4 is 10.6 Å². The van der Waals surface area contributed by atoms with E-state index in [2.05, 4.69) is 20.8 Å². The van der Waals surface area contributed by atoms with E-state index in [1.54, 1.807) is 4.57 Å². The van der Waals surface area contributed by atoms with Crippen LogP contribution in [-0.2, 0) is 22.6 Å². The Morgan fingerprint density at radius 1 is 1.44 bits per heavy atom. The lowest BCUT2D eigenvalue weighted by Crippen LogP contribution is -2.37. The number of hydrogen-bond acceptors (Lipinski definition) is 4. The minimum Gasteiger partial charge on any atom is -0.358 e. The number of hydrogen-bond donors (Lipinski definition) is 3. The Morgan fingerprint density at radius 3 is 2.78 bits per heavy atom. The molecule has 0 unspecified atom stereocenters. The molecule has 1 aromatic heterocycles. The van der Waals surface area contributed by atoms with Crippen LogP contribution in [-0.4, -0.2) is 40.2 Å². The highest BCUT2D eigenvalue weighted by atomic mass is 32.1. The Balaban J connectivity index is 2.61. The third-order valence-corrected chi connectivity index (χ3v) is 2.65. The summed E-state index contributed by atoms with van der Waals surface area (Å²) in [5.74, 6) is 0.235. The first kappa shape index (κ1) is 14.4. The molecular weight excluding hydrogens is 254 g/mol. The summed E-state index contributed by atoms with van der Waals surface area (Å²) < 4.78 is 2.05. The number of nitrogens with one attached hydrogen (secondary N) is 3. The van der Waals surface area contributed by atoms with Gasteiger partial charge in [-0.05, 0) is 18.6 Å². The molecule has 0 atom stereocenters. The lowest BCUT2D eigenvalue weighted by atomic mass is 10.3. The quantitative estimate of drug-likeness (QED) is 0.622. The van der Waals surface area contributed by atoms with Gasteiger partial charge in [-0.25, -0.2) is 0 Å². The smallest absolute Gasteiger partial charge is 0.240 e. The van der Waals surface area contributed by atoms with Crippen molar-refractivity contribution in [3.05, 3.63) is 10.6 Å². The molecule has 100 valence electrons. The van der Waals surface area contributed by atoms with Gasteiger partial charge in [-0.1, -0.05) is 6.92 Å². The van der Waals surface area contributed by atoms with Gasteiger partial charge in [0.05, 0.1) is 6.54 Å². The summed E-state index contributed by atoms with van der Waals surface area (Å²) in [6.45, 7) is 2.05. The van der Waals surface area contributed by atoms with E-state index in [9.17, 15) is 9.59 Å². The fraction of sp³-hybridized carbons (Fsp3) is 0.600. The second-order valence-electron chi connectivity index (χ2n) is 3.73. The van der Waals surface area contributed by atoms with Crippen LogP contribution in [0.4, 0.5) is 0 Å². The summed E-state index contributed by atoms with van der Waals surface area (Å²) in [6, 6.07) is 0. The minimum atomic E-state index is -0.270. The van der Waals surface area contributed by atoms with Crippen molar-refractivity contribution in [3.8, 4) is 0 Å². The van der Waals surface area contributed by atoms with Gasteiger partial charge in [0.15, 0.2) is 4.77 Å². The highest BCUT2D eigenvalue weighted by Crippen LogP contribution is 2.01. The topological polar surface area (TPSA) is 91.8 Å². The van der Waals surface area contributed by atoms with Crippen LogP contribution in [0.25, 0.3) is 0 Å². The zero-order chi connectivity index (χ0) is 13.5. The molecule has 0 aliphatic heterocycles. The molecule has 0 saturated heterocycles. The molecule has 1 heterocycles. The summed E-state index contributed by atoms with van der Waals surface area (Å²) in [5, 5.41) is 11.6. The molecule has 0 bridgehead atoms. The summed E-state index contributed by atoms with van der Waals surface area (Å²) in [7, 11) is 1.51. The Morgan fingerprint density at radius 2 is 2.17 bits per heavy atom. The van der Waals surface area contributed by atoms with Crippen molar-refractivity contribution in [1.82, 2.24) is 25.4 Å². The Hall–Kier alpha value is -1.70. The van der Waals surface area contributed by atoms with Crippen molar-refractivity contribution in [2.45, 2.75) is 26.3 Å². The van der Waals surface area contributed by atoms with E-state index < -0.39 is 0 Å². The number of likely N-dealkylation sites (N-methyl/N-ethyl adjacent to an activating group) is 1. The maximum absolute atomic E-state index is 11.6. The molecule has 1 rings (SSSR count). The van der Waals surface area contributed by atoms with Crippen LogP contribution in [0.2, 0.25) is 0 Å². The second-order valence-corrected chi connectivity index (χ2v) is 4.12. The van der Waals surface area contributed by atoms with E-state index >= 15 is 0 Å². The van der Waals surface area contributed by atoms with Gasteiger partial charge in [-0.3, -0.25) is 19.3 Å². The first-order valence-corrected chi connectivity index (χ1v) is 6.10. The molecule has 0 radical (unpaired) electrons. The number of aromatic nitrogens is 3. The van der Waals surface area contributed by atoms with E-state index in [0.717, 1.165) is 18.7 Å². The maximum Gasteiger partial charge on any atom is 0.240 e.